The SMILES string of the molecule is Cc1c(Cl)cccc1N1C(=O)NC(=O)/C(=C/c2cccc(OCC(=O)Nc3ccc(Cl)cc3)c2)C1=O. The summed E-state index contributed by atoms with van der Waals surface area (Å²) in [6.45, 7) is 1.40. The maximum absolute atomic E-state index is 13.1. The van der Waals surface area contributed by atoms with Crippen LogP contribution in [0.25, 0.3) is 6.08 Å². The zero-order valence-electron chi connectivity index (χ0n) is 18.9. The fourth-order valence-electron chi connectivity index (χ4n) is 3.45. The van der Waals surface area contributed by atoms with Gasteiger partial charge >= 0.3 is 6.03 Å². The molecule has 36 heavy (non-hydrogen) atoms. The maximum Gasteiger partial charge on any atom is 0.335 e. The zero-order valence-corrected chi connectivity index (χ0v) is 20.4. The third kappa shape index (κ3) is 5.56. The summed E-state index contributed by atoms with van der Waals surface area (Å²) in [4.78, 5) is 51.1. The second-order valence-corrected chi connectivity index (χ2v) is 8.60. The Morgan fingerprint density at radius 1 is 1.03 bits per heavy atom. The van der Waals surface area contributed by atoms with Crippen molar-refractivity contribution < 1.29 is 23.9 Å². The van der Waals surface area contributed by atoms with Gasteiger partial charge in [0, 0.05) is 15.7 Å². The van der Waals surface area contributed by atoms with E-state index in [1.807, 2.05) is 0 Å². The molecule has 1 fully saturated rings. The largest absolute Gasteiger partial charge is 0.484 e. The van der Waals surface area contributed by atoms with E-state index in [0.29, 0.717) is 32.6 Å². The van der Waals surface area contributed by atoms with Gasteiger partial charge < -0.3 is 10.1 Å². The van der Waals surface area contributed by atoms with E-state index in [1.165, 1.54) is 6.08 Å². The summed E-state index contributed by atoms with van der Waals surface area (Å²) in [7, 11) is 0. The van der Waals surface area contributed by atoms with E-state index in [9.17, 15) is 19.2 Å². The molecule has 0 unspecified atom stereocenters. The van der Waals surface area contributed by atoms with Crippen molar-refractivity contribution in [2.24, 2.45) is 0 Å². The average molecular weight is 524 g/mol. The van der Waals surface area contributed by atoms with Gasteiger partial charge in [-0.2, -0.15) is 0 Å². The average Bonchev–Trinajstić information content (AvgIpc) is 2.85. The van der Waals surface area contributed by atoms with Crippen LogP contribution in [0.2, 0.25) is 10.0 Å². The Morgan fingerprint density at radius 2 is 1.75 bits per heavy atom. The Bertz CT molecular complexity index is 1400. The molecule has 1 aliphatic rings. The van der Waals surface area contributed by atoms with Gasteiger partial charge in [0.05, 0.1) is 5.69 Å². The third-order valence-electron chi connectivity index (χ3n) is 5.25. The standard InChI is InChI=1S/C26H19Cl2N3O5/c1-15-21(28)6-3-7-22(15)31-25(34)20(24(33)30-26(31)35)13-16-4-2-5-19(12-16)36-14-23(32)29-18-10-8-17(27)9-11-18/h2-13H,14H2,1H3,(H,29,32)(H,30,33,35)/b20-13-. The molecule has 0 aliphatic carbocycles. The molecule has 0 aromatic heterocycles. The predicted octanol–water partition coefficient (Wildman–Crippen LogP) is 4.99. The first-order chi connectivity index (χ1) is 17.2. The Hall–Kier alpha value is -4.14. The fourth-order valence-corrected chi connectivity index (χ4v) is 3.75. The molecule has 1 aliphatic heterocycles. The van der Waals surface area contributed by atoms with Crippen LogP contribution in [0.4, 0.5) is 16.2 Å². The lowest BCUT2D eigenvalue weighted by Crippen LogP contribution is -2.54. The molecule has 1 heterocycles. The van der Waals surface area contributed by atoms with Gasteiger partial charge in [-0.25, -0.2) is 9.69 Å². The summed E-state index contributed by atoms with van der Waals surface area (Å²) in [6.07, 6.45) is 1.34. The molecule has 0 radical (unpaired) electrons. The molecular weight excluding hydrogens is 505 g/mol. The molecule has 5 amide bonds. The van der Waals surface area contributed by atoms with Crippen molar-refractivity contribution in [3.05, 3.63) is 93.5 Å². The zero-order chi connectivity index (χ0) is 25.8. The number of anilines is 2. The van der Waals surface area contributed by atoms with Gasteiger partial charge in [-0.15, -0.1) is 0 Å². The summed E-state index contributed by atoms with van der Waals surface area (Å²) >= 11 is 12.0. The van der Waals surface area contributed by atoms with Crippen LogP contribution in [0.3, 0.4) is 0 Å². The Kier molecular flexibility index (Phi) is 7.38. The van der Waals surface area contributed by atoms with Crippen LogP contribution in [0.15, 0.2) is 72.3 Å². The van der Waals surface area contributed by atoms with Gasteiger partial charge in [-0.05, 0) is 72.7 Å². The summed E-state index contributed by atoms with van der Waals surface area (Å²) in [5.74, 6) is -1.65. The number of nitrogens with one attached hydrogen (secondary N) is 2. The number of benzene rings is 3. The van der Waals surface area contributed by atoms with Gasteiger partial charge in [-0.1, -0.05) is 41.4 Å². The van der Waals surface area contributed by atoms with Crippen LogP contribution < -0.4 is 20.3 Å². The molecule has 8 nitrogen and oxygen atoms in total. The number of imide groups is 2. The van der Waals surface area contributed by atoms with E-state index >= 15 is 0 Å². The van der Waals surface area contributed by atoms with E-state index in [4.69, 9.17) is 27.9 Å². The number of hydrogen-bond acceptors (Lipinski definition) is 5. The highest BCUT2D eigenvalue weighted by atomic mass is 35.5. The topological polar surface area (TPSA) is 105 Å². The number of nitrogens with zero attached hydrogens (tertiary/aromatic N) is 1. The smallest absolute Gasteiger partial charge is 0.335 e. The monoisotopic (exact) mass is 523 g/mol. The highest BCUT2D eigenvalue weighted by Crippen LogP contribution is 2.29. The summed E-state index contributed by atoms with van der Waals surface area (Å²) in [5.41, 5.74) is 1.58. The first kappa shape index (κ1) is 25.0. The number of urea groups is 1. The first-order valence-corrected chi connectivity index (χ1v) is 11.4. The van der Waals surface area contributed by atoms with Crippen LogP contribution >= 0.6 is 23.2 Å². The lowest BCUT2D eigenvalue weighted by Gasteiger charge is -2.27. The minimum atomic E-state index is -0.865. The summed E-state index contributed by atoms with van der Waals surface area (Å²) < 4.78 is 5.55. The normalized spacial score (nSPS) is 14.6. The molecule has 4 rings (SSSR count). The maximum atomic E-state index is 13.1. The Labute approximate surface area is 216 Å². The van der Waals surface area contributed by atoms with Crippen molar-refractivity contribution in [3.8, 4) is 5.75 Å². The molecule has 10 heteroatoms. The van der Waals surface area contributed by atoms with Crippen LogP contribution in [0.5, 0.6) is 5.75 Å². The number of amides is 5. The molecule has 0 saturated carbocycles. The number of barbiturate groups is 1. The summed E-state index contributed by atoms with van der Waals surface area (Å²) in [5, 5.41) is 5.79. The van der Waals surface area contributed by atoms with E-state index in [0.717, 1.165) is 4.90 Å². The van der Waals surface area contributed by atoms with Gasteiger partial charge in [-0.3, -0.25) is 19.7 Å². The number of hydrogen-bond donors (Lipinski definition) is 2. The molecule has 182 valence electrons. The lowest BCUT2D eigenvalue weighted by molar-refractivity contribution is -0.122. The molecule has 3 aromatic carbocycles. The van der Waals surface area contributed by atoms with Crippen molar-refractivity contribution in [1.29, 1.82) is 0 Å². The molecule has 0 bridgehead atoms. The minimum absolute atomic E-state index is 0.244. The van der Waals surface area contributed by atoms with Gasteiger partial charge in [0.1, 0.15) is 11.3 Å². The number of ether oxygens (including phenoxy) is 1. The van der Waals surface area contributed by atoms with Crippen molar-refractivity contribution >= 4 is 64.4 Å². The summed E-state index contributed by atoms with van der Waals surface area (Å²) in [6, 6.07) is 17.1. The third-order valence-corrected chi connectivity index (χ3v) is 5.91. The van der Waals surface area contributed by atoms with Gasteiger partial charge in [0.2, 0.25) is 0 Å². The van der Waals surface area contributed by atoms with Crippen molar-refractivity contribution in [1.82, 2.24) is 5.32 Å². The van der Waals surface area contributed by atoms with Crippen LogP contribution in [-0.2, 0) is 14.4 Å². The molecule has 0 spiro atoms. The van der Waals surface area contributed by atoms with Crippen LogP contribution in [0.1, 0.15) is 11.1 Å². The second kappa shape index (κ2) is 10.6. The molecule has 1 saturated heterocycles. The first-order valence-electron chi connectivity index (χ1n) is 10.7. The predicted molar refractivity (Wildman–Crippen MR) is 137 cm³/mol. The minimum Gasteiger partial charge on any atom is -0.484 e. The molecule has 3 aromatic rings. The highest BCUT2D eigenvalue weighted by molar-refractivity contribution is 6.40. The molecular formula is C26H19Cl2N3O5. The van der Waals surface area contributed by atoms with Crippen molar-refractivity contribution in [2.45, 2.75) is 6.92 Å². The van der Waals surface area contributed by atoms with Gasteiger partial charge in [0.15, 0.2) is 6.61 Å². The van der Waals surface area contributed by atoms with Crippen LogP contribution in [0, 0.1) is 6.92 Å². The van der Waals surface area contributed by atoms with Crippen molar-refractivity contribution in [3.63, 3.8) is 0 Å². The van der Waals surface area contributed by atoms with Crippen molar-refractivity contribution in [2.75, 3.05) is 16.8 Å². The quantitative estimate of drug-likeness (QED) is 0.350. The fraction of sp³-hybridized carbons (Fsp3) is 0.0769. The number of carbonyl (C=O) groups excluding carboxylic acids is 4. The Balaban J connectivity index is 1.50. The van der Waals surface area contributed by atoms with Gasteiger partial charge in [0.25, 0.3) is 17.7 Å². The highest BCUT2D eigenvalue weighted by Gasteiger charge is 2.37. The van der Waals surface area contributed by atoms with E-state index < -0.39 is 17.8 Å². The molecule has 0 atom stereocenters. The van der Waals surface area contributed by atoms with E-state index in [2.05, 4.69) is 10.6 Å². The molecule has 2 N–H and O–H groups in total. The Morgan fingerprint density at radius 3 is 2.50 bits per heavy atom. The lowest BCUT2D eigenvalue weighted by atomic mass is 10.1. The second-order valence-electron chi connectivity index (χ2n) is 7.76. The number of rotatable bonds is 6. The number of carbonyl (C=O) groups is 4. The van der Waals surface area contributed by atoms with E-state index in [-0.39, 0.29) is 23.8 Å². The van der Waals surface area contributed by atoms with Crippen LogP contribution in [-0.4, -0.2) is 30.4 Å². The number of halogens is 2. The van der Waals surface area contributed by atoms with E-state index in [1.54, 1.807) is 73.7 Å².